The molecule has 5 nitrogen and oxygen atoms in total. The monoisotopic (exact) mass is 414 g/mol. The molecule has 0 unspecified atom stereocenters. The van der Waals surface area contributed by atoms with Crippen molar-refractivity contribution in [2.75, 3.05) is 13.7 Å². The fraction of sp³-hybridized carbons (Fsp3) is 0.385. The summed E-state index contributed by atoms with van der Waals surface area (Å²) in [5.74, 6) is 6.85. The summed E-state index contributed by atoms with van der Waals surface area (Å²) in [5, 5.41) is 19.7. The number of benzene rings is 2. The number of aliphatic hydroxyl groups is 1. The van der Waals surface area contributed by atoms with E-state index >= 15 is 0 Å². The number of amides is 1. The lowest BCUT2D eigenvalue weighted by molar-refractivity contribution is -0.151. The predicted octanol–water partition coefficient (Wildman–Crippen LogP) is 3.46. The molecule has 1 N–H and O–H groups in total. The van der Waals surface area contributed by atoms with E-state index in [1.165, 1.54) is 0 Å². The molecule has 1 saturated carbocycles. The molecular weight excluding hydrogens is 388 g/mol. The van der Waals surface area contributed by atoms with Crippen LogP contribution in [0.25, 0.3) is 0 Å². The van der Waals surface area contributed by atoms with Crippen LogP contribution in [-0.2, 0) is 4.79 Å². The number of carbonyl (C=O) groups is 1. The Hall–Kier alpha value is -3.28. The summed E-state index contributed by atoms with van der Waals surface area (Å²) in [6.45, 7) is -0.142. The molecule has 1 aliphatic carbocycles. The molecule has 1 saturated heterocycles. The number of nitriles is 1. The third kappa shape index (κ3) is 4.02. The Bertz CT molecular complexity index is 1040. The summed E-state index contributed by atoms with van der Waals surface area (Å²) in [4.78, 5) is 14.5. The van der Waals surface area contributed by atoms with Crippen LogP contribution >= 0.6 is 0 Å². The van der Waals surface area contributed by atoms with Gasteiger partial charge in [-0.1, -0.05) is 48.9 Å². The van der Waals surface area contributed by atoms with E-state index in [0.717, 1.165) is 48.1 Å². The number of ether oxygens (including phenoxy) is 1. The number of likely N-dealkylation sites (tertiary alicyclic amines) is 1. The summed E-state index contributed by atoms with van der Waals surface area (Å²) in [6, 6.07) is 16.8. The minimum Gasteiger partial charge on any atom is -0.495 e. The number of methoxy groups -OCH3 is 1. The van der Waals surface area contributed by atoms with E-state index in [0.29, 0.717) is 0 Å². The van der Waals surface area contributed by atoms with Crippen LogP contribution in [0.4, 0.5) is 0 Å². The van der Waals surface area contributed by atoms with Crippen molar-refractivity contribution in [2.45, 2.75) is 43.7 Å². The van der Waals surface area contributed by atoms with Crippen LogP contribution in [0.2, 0.25) is 0 Å². The maximum atomic E-state index is 12.9. The Kier molecular flexibility index (Phi) is 6.26. The molecule has 0 aromatic heterocycles. The normalized spacial score (nSPS) is 22.7. The lowest BCUT2D eigenvalue weighted by atomic mass is 9.75. The van der Waals surface area contributed by atoms with Gasteiger partial charge in [-0.15, -0.1) is 0 Å². The fourth-order valence-electron chi connectivity index (χ4n) is 4.77. The van der Waals surface area contributed by atoms with Gasteiger partial charge in [0.2, 0.25) is 5.91 Å². The van der Waals surface area contributed by atoms with Crippen molar-refractivity contribution in [3.63, 3.8) is 0 Å². The minimum atomic E-state index is -0.532. The first kappa shape index (κ1) is 21.0. The van der Waals surface area contributed by atoms with Crippen molar-refractivity contribution in [2.24, 2.45) is 5.92 Å². The number of rotatable bonds is 4. The molecule has 5 heteroatoms. The van der Waals surface area contributed by atoms with Crippen molar-refractivity contribution in [1.82, 2.24) is 4.90 Å². The molecule has 158 valence electrons. The van der Waals surface area contributed by atoms with Gasteiger partial charge in [0.25, 0.3) is 0 Å². The molecule has 2 aliphatic rings. The lowest BCUT2D eigenvalue weighted by Crippen LogP contribution is -2.66. The van der Waals surface area contributed by atoms with Gasteiger partial charge in [-0.3, -0.25) is 4.79 Å². The second-order valence-corrected chi connectivity index (χ2v) is 8.15. The van der Waals surface area contributed by atoms with E-state index in [9.17, 15) is 15.2 Å². The zero-order valence-corrected chi connectivity index (χ0v) is 17.6. The van der Waals surface area contributed by atoms with Crippen molar-refractivity contribution in [3.8, 4) is 23.7 Å². The van der Waals surface area contributed by atoms with Gasteiger partial charge in [-0.25, -0.2) is 0 Å². The Morgan fingerprint density at radius 2 is 1.84 bits per heavy atom. The highest BCUT2D eigenvalue weighted by molar-refractivity contribution is 5.82. The van der Waals surface area contributed by atoms with Crippen LogP contribution in [0.15, 0.2) is 48.5 Å². The van der Waals surface area contributed by atoms with Gasteiger partial charge < -0.3 is 14.7 Å². The Morgan fingerprint density at radius 3 is 2.48 bits per heavy atom. The average molecular weight is 415 g/mol. The van der Waals surface area contributed by atoms with Crippen LogP contribution < -0.4 is 4.74 Å². The number of para-hydroxylation sites is 1. The van der Waals surface area contributed by atoms with Crippen LogP contribution in [0.5, 0.6) is 5.75 Å². The summed E-state index contributed by atoms with van der Waals surface area (Å²) in [5.41, 5.74) is 2.62. The van der Waals surface area contributed by atoms with Gasteiger partial charge >= 0.3 is 0 Å². The molecule has 0 bridgehead atoms. The topological polar surface area (TPSA) is 73.6 Å². The molecule has 0 radical (unpaired) electrons. The molecular formula is C26H26N2O3. The molecule has 2 aromatic rings. The van der Waals surface area contributed by atoms with Gasteiger partial charge in [0.1, 0.15) is 11.8 Å². The van der Waals surface area contributed by atoms with Gasteiger partial charge in [0, 0.05) is 17.4 Å². The molecule has 4 rings (SSSR count). The van der Waals surface area contributed by atoms with Crippen LogP contribution in [-0.4, -0.2) is 41.7 Å². The second kappa shape index (κ2) is 9.25. The number of nitrogens with zero attached hydrogens (tertiary/aromatic N) is 2. The quantitative estimate of drug-likeness (QED) is 0.778. The largest absolute Gasteiger partial charge is 0.495 e. The highest BCUT2D eigenvalue weighted by Crippen LogP contribution is 2.42. The van der Waals surface area contributed by atoms with E-state index in [1.807, 2.05) is 48.5 Å². The Labute approximate surface area is 183 Å². The molecule has 2 fully saturated rings. The third-order valence-electron chi connectivity index (χ3n) is 6.43. The molecule has 3 atom stereocenters. The van der Waals surface area contributed by atoms with Crippen molar-refractivity contribution < 1.29 is 14.6 Å². The number of carbonyl (C=O) groups excluding carboxylic acids is 1. The highest BCUT2D eigenvalue weighted by atomic mass is 16.5. The first-order chi connectivity index (χ1) is 15.2. The van der Waals surface area contributed by atoms with Crippen LogP contribution in [0.1, 0.15) is 48.3 Å². The molecule has 0 spiro atoms. The van der Waals surface area contributed by atoms with E-state index < -0.39 is 6.04 Å². The van der Waals surface area contributed by atoms with Gasteiger partial charge in [-0.2, -0.15) is 5.26 Å². The fourth-order valence-corrected chi connectivity index (χ4v) is 4.77. The summed E-state index contributed by atoms with van der Waals surface area (Å²) >= 11 is 0. The smallest absolute Gasteiger partial charge is 0.227 e. The number of hydrogen-bond donors (Lipinski definition) is 1. The predicted molar refractivity (Wildman–Crippen MR) is 117 cm³/mol. The maximum absolute atomic E-state index is 12.9. The first-order valence-corrected chi connectivity index (χ1v) is 10.8. The lowest BCUT2D eigenvalue weighted by Gasteiger charge is -2.52. The van der Waals surface area contributed by atoms with E-state index in [4.69, 9.17) is 4.74 Å². The summed E-state index contributed by atoms with van der Waals surface area (Å²) < 4.78 is 5.33. The third-order valence-corrected chi connectivity index (χ3v) is 6.43. The zero-order chi connectivity index (χ0) is 21.8. The van der Waals surface area contributed by atoms with Gasteiger partial charge in [-0.05, 0) is 42.7 Å². The Balaban J connectivity index is 1.51. The van der Waals surface area contributed by atoms with Crippen molar-refractivity contribution in [1.29, 1.82) is 5.26 Å². The van der Waals surface area contributed by atoms with E-state index in [1.54, 1.807) is 12.0 Å². The summed E-state index contributed by atoms with van der Waals surface area (Å²) in [6.07, 6.45) is 3.89. The van der Waals surface area contributed by atoms with E-state index in [2.05, 4.69) is 17.9 Å². The van der Waals surface area contributed by atoms with E-state index in [-0.39, 0.29) is 30.4 Å². The Morgan fingerprint density at radius 1 is 1.13 bits per heavy atom. The number of aliphatic hydroxyl groups excluding tert-OH is 1. The summed E-state index contributed by atoms with van der Waals surface area (Å²) in [7, 11) is 1.62. The second-order valence-electron chi connectivity index (χ2n) is 8.15. The average Bonchev–Trinajstić information content (AvgIpc) is 3.34. The van der Waals surface area contributed by atoms with Gasteiger partial charge in [0.05, 0.1) is 31.4 Å². The van der Waals surface area contributed by atoms with Crippen LogP contribution in [0, 0.1) is 29.1 Å². The first-order valence-electron chi connectivity index (χ1n) is 10.8. The van der Waals surface area contributed by atoms with Crippen molar-refractivity contribution >= 4 is 5.91 Å². The van der Waals surface area contributed by atoms with Crippen molar-refractivity contribution in [3.05, 3.63) is 65.2 Å². The molecule has 1 aliphatic heterocycles. The standard InChI is InChI=1S/C26H26N2O3/c1-31-24-9-5-4-6-19(24)13-10-18-11-14-20(15-12-18)25-22(16-27)28(23(25)17-29)26(30)21-7-2-3-8-21/h4-6,9,11-12,14-15,21-23,25,29H,2-3,7-8,17H2,1H3/t22-,23-,25+/m0/s1. The molecule has 31 heavy (non-hydrogen) atoms. The molecule has 2 aromatic carbocycles. The number of hydrogen-bond acceptors (Lipinski definition) is 4. The van der Waals surface area contributed by atoms with Gasteiger partial charge in [0.15, 0.2) is 0 Å². The zero-order valence-electron chi connectivity index (χ0n) is 17.6. The molecule has 1 amide bonds. The highest BCUT2D eigenvalue weighted by Gasteiger charge is 2.52. The molecule has 1 heterocycles. The maximum Gasteiger partial charge on any atom is 0.227 e. The minimum absolute atomic E-state index is 0.00141. The van der Waals surface area contributed by atoms with Crippen LogP contribution in [0.3, 0.4) is 0 Å². The SMILES string of the molecule is COc1ccccc1C#Cc1ccc([C@@H]2[C@H](C#N)N(C(=O)C3CCCC3)[C@H]2CO)cc1.